The first-order valence-corrected chi connectivity index (χ1v) is 6.77. The number of nitrogens with one attached hydrogen (secondary N) is 1. The predicted molar refractivity (Wildman–Crippen MR) is 69.7 cm³/mol. The van der Waals surface area contributed by atoms with E-state index in [9.17, 15) is 8.78 Å². The Morgan fingerprint density at radius 3 is 2.72 bits per heavy atom. The van der Waals surface area contributed by atoms with Gasteiger partial charge in [-0.1, -0.05) is 19.9 Å². The lowest BCUT2D eigenvalue weighted by molar-refractivity contribution is 0.366. The summed E-state index contributed by atoms with van der Waals surface area (Å²) in [7, 11) is 0. The van der Waals surface area contributed by atoms with Crippen LogP contribution in [-0.4, -0.2) is 13.1 Å². The van der Waals surface area contributed by atoms with E-state index < -0.39 is 5.82 Å². The van der Waals surface area contributed by atoms with Crippen molar-refractivity contribution in [3.05, 3.63) is 34.9 Å². The molecular weight excluding hydrogens is 232 g/mol. The Morgan fingerprint density at radius 1 is 1.33 bits per heavy atom. The highest BCUT2D eigenvalue weighted by Gasteiger charge is 2.20. The smallest absolute Gasteiger partial charge is 0.132 e. The zero-order chi connectivity index (χ0) is 13.1. The van der Waals surface area contributed by atoms with Crippen LogP contribution in [0.5, 0.6) is 0 Å². The summed E-state index contributed by atoms with van der Waals surface area (Å²) in [5, 5.41) is 3.29. The maximum atomic E-state index is 14.3. The maximum absolute atomic E-state index is 14.3. The molecule has 0 spiro atoms. The van der Waals surface area contributed by atoms with Crippen LogP contribution in [0.2, 0.25) is 0 Å². The molecular formula is C15H21F2N. The van der Waals surface area contributed by atoms with E-state index in [0.717, 1.165) is 25.9 Å². The predicted octanol–water partition coefficient (Wildman–Crippen LogP) is 3.63. The molecule has 0 radical (unpaired) electrons. The van der Waals surface area contributed by atoms with E-state index in [1.165, 1.54) is 6.07 Å². The SMILES string of the molecule is CC(C)c1ccc(F)c(CC2CCCNC2)c1F. The standard InChI is InChI=1S/C15H21F2N/c1-10(2)12-5-6-14(16)13(15(12)17)8-11-4-3-7-18-9-11/h5-6,10-11,18H,3-4,7-9H2,1-2H3. The summed E-state index contributed by atoms with van der Waals surface area (Å²) < 4.78 is 28.1. The Hall–Kier alpha value is -0.960. The van der Waals surface area contributed by atoms with Crippen molar-refractivity contribution in [3.63, 3.8) is 0 Å². The quantitative estimate of drug-likeness (QED) is 0.867. The molecule has 2 rings (SSSR count). The van der Waals surface area contributed by atoms with E-state index in [1.807, 2.05) is 13.8 Å². The highest BCUT2D eigenvalue weighted by atomic mass is 19.1. The molecule has 0 amide bonds. The molecule has 1 heterocycles. The lowest BCUT2D eigenvalue weighted by Gasteiger charge is -2.23. The van der Waals surface area contributed by atoms with E-state index in [-0.39, 0.29) is 17.3 Å². The van der Waals surface area contributed by atoms with Crippen LogP contribution < -0.4 is 5.32 Å². The fourth-order valence-corrected chi connectivity index (χ4v) is 2.64. The molecule has 0 aromatic heterocycles. The molecule has 100 valence electrons. The number of halogens is 2. The van der Waals surface area contributed by atoms with Gasteiger partial charge in [0.05, 0.1) is 0 Å². The molecule has 3 heteroatoms. The fourth-order valence-electron chi connectivity index (χ4n) is 2.64. The molecule has 18 heavy (non-hydrogen) atoms. The minimum Gasteiger partial charge on any atom is -0.316 e. The molecule has 0 aliphatic carbocycles. The zero-order valence-electron chi connectivity index (χ0n) is 11.1. The van der Waals surface area contributed by atoms with Gasteiger partial charge in [-0.05, 0) is 55.8 Å². The Morgan fingerprint density at radius 2 is 2.11 bits per heavy atom. The third kappa shape index (κ3) is 2.89. The van der Waals surface area contributed by atoms with Crippen molar-refractivity contribution in [2.45, 2.75) is 39.0 Å². The summed E-state index contributed by atoms with van der Waals surface area (Å²) in [6.07, 6.45) is 2.65. The second-order valence-electron chi connectivity index (χ2n) is 5.50. The monoisotopic (exact) mass is 253 g/mol. The van der Waals surface area contributed by atoms with Crippen molar-refractivity contribution in [2.24, 2.45) is 5.92 Å². The van der Waals surface area contributed by atoms with Crippen LogP contribution in [0, 0.1) is 17.6 Å². The Bertz CT molecular complexity index is 409. The van der Waals surface area contributed by atoms with E-state index in [2.05, 4.69) is 5.32 Å². The lowest BCUT2D eigenvalue weighted by atomic mass is 9.89. The topological polar surface area (TPSA) is 12.0 Å². The molecule has 0 bridgehead atoms. The van der Waals surface area contributed by atoms with Crippen LogP contribution in [0.1, 0.15) is 43.7 Å². The van der Waals surface area contributed by atoms with Gasteiger partial charge in [-0.25, -0.2) is 8.78 Å². The van der Waals surface area contributed by atoms with Crippen LogP contribution in [0.4, 0.5) is 8.78 Å². The second kappa shape index (κ2) is 5.79. The summed E-state index contributed by atoms with van der Waals surface area (Å²) in [6, 6.07) is 2.97. The van der Waals surface area contributed by atoms with Crippen molar-refractivity contribution in [3.8, 4) is 0 Å². The highest BCUT2D eigenvalue weighted by molar-refractivity contribution is 5.30. The largest absolute Gasteiger partial charge is 0.316 e. The van der Waals surface area contributed by atoms with Gasteiger partial charge < -0.3 is 5.32 Å². The van der Waals surface area contributed by atoms with E-state index in [1.54, 1.807) is 6.07 Å². The number of benzene rings is 1. The first kappa shape index (κ1) is 13.5. The minimum absolute atomic E-state index is 0.0915. The van der Waals surface area contributed by atoms with Gasteiger partial charge in [0.1, 0.15) is 11.6 Å². The van der Waals surface area contributed by atoms with Crippen molar-refractivity contribution < 1.29 is 8.78 Å². The van der Waals surface area contributed by atoms with Gasteiger partial charge in [-0.15, -0.1) is 0 Å². The number of hydrogen-bond donors (Lipinski definition) is 1. The molecule has 0 saturated carbocycles. The van der Waals surface area contributed by atoms with E-state index in [4.69, 9.17) is 0 Å². The van der Waals surface area contributed by atoms with Crippen molar-refractivity contribution in [2.75, 3.05) is 13.1 Å². The average molecular weight is 253 g/mol. The molecule has 1 N–H and O–H groups in total. The maximum Gasteiger partial charge on any atom is 0.132 e. The summed E-state index contributed by atoms with van der Waals surface area (Å²) in [5.41, 5.74) is 0.894. The van der Waals surface area contributed by atoms with Gasteiger partial charge in [-0.2, -0.15) is 0 Å². The van der Waals surface area contributed by atoms with Crippen LogP contribution in [0.3, 0.4) is 0 Å². The van der Waals surface area contributed by atoms with Gasteiger partial charge in [-0.3, -0.25) is 0 Å². The molecule has 1 atom stereocenters. The van der Waals surface area contributed by atoms with Crippen molar-refractivity contribution in [1.82, 2.24) is 5.32 Å². The molecule has 1 aliphatic heterocycles. The van der Waals surface area contributed by atoms with Crippen LogP contribution in [0.15, 0.2) is 12.1 Å². The minimum atomic E-state index is -0.400. The fraction of sp³-hybridized carbons (Fsp3) is 0.600. The van der Waals surface area contributed by atoms with E-state index in [0.29, 0.717) is 17.9 Å². The zero-order valence-corrected chi connectivity index (χ0v) is 11.1. The first-order valence-electron chi connectivity index (χ1n) is 6.77. The Kier molecular flexibility index (Phi) is 4.33. The highest BCUT2D eigenvalue weighted by Crippen LogP contribution is 2.26. The Balaban J connectivity index is 2.22. The Labute approximate surface area is 108 Å². The summed E-state index contributed by atoms with van der Waals surface area (Å²) in [5.74, 6) is -0.294. The van der Waals surface area contributed by atoms with E-state index >= 15 is 0 Å². The third-order valence-electron chi connectivity index (χ3n) is 3.73. The molecule has 1 aromatic rings. The summed E-state index contributed by atoms with van der Waals surface area (Å²) in [4.78, 5) is 0. The van der Waals surface area contributed by atoms with Crippen molar-refractivity contribution in [1.29, 1.82) is 0 Å². The van der Waals surface area contributed by atoms with Gasteiger partial charge in [0, 0.05) is 5.56 Å². The number of hydrogen-bond acceptors (Lipinski definition) is 1. The number of piperidine rings is 1. The lowest BCUT2D eigenvalue weighted by Crippen LogP contribution is -2.31. The van der Waals surface area contributed by atoms with Crippen LogP contribution in [-0.2, 0) is 6.42 Å². The first-order chi connectivity index (χ1) is 8.59. The summed E-state index contributed by atoms with van der Waals surface area (Å²) >= 11 is 0. The molecule has 1 aromatic carbocycles. The molecule has 1 aliphatic rings. The number of rotatable bonds is 3. The normalized spacial score (nSPS) is 20.4. The molecule has 1 nitrogen and oxygen atoms in total. The molecule has 1 unspecified atom stereocenters. The van der Waals surface area contributed by atoms with Gasteiger partial charge in [0.2, 0.25) is 0 Å². The second-order valence-corrected chi connectivity index (χ2v) is 5.50. The molecule has 1 saturated heterocycles. The van der Waals surface area contributed by atoms with Crippen LogP contribution in [0.25, 0.3) is 0 Å². The van der Waals surface area contributed by atoms with Gasteiger partial charge >= 0.3 is 0 Å². The van der Waals surface area contributed by atoms with Crippen molar-refractivity contribution >= 4 is 0 Å². The van der Waals surface area contributed by atoms with Crippen LogP contribution >= 0.6 is 0 Å². The van der Waals surface area contributed by atoms with Gasteiger partial charge in [0.15, 0.2) is 0 Å². The summed E-state index contributed by atoms with van der Waals surface area (Å²) in [6.45, 7) is 5.75. The van der Waals surface area contributed by atoms with Gasteiger partial charge in [0.25, 0.3) is 0 Å². The average Bonchev–Trinajstić information content (AvgIpc) is 2.35. The third-order valence-corrected chi connectivity index (χ3v) is 3.73. The molecule has 1 fully saturated rings.